The molecular formula is C20H16ClN3O5S. The molecule has 154 valence electrons. The fraction of sp³-hybridized carbons (Fsp3) is 0.0500. The molecule has 0 radical (unpaired) electrons. The molecule has 0 fully saturated rings. The monoisotopic (exact) mass is 445 g/mol. The fourth-order valence-corrected chi connectivity index (χ4v) is 4.30. The molecule has 0 aliphatic heterocycles. The first-order valence-corrected chi connectivity index (χ1v) is 10.5. The summed E-state index contributed by atoms with van der Waals surface area (Å²) in [7, 11) is -4.11. The van der Waals surface area contributed by atoms with E-state index in [1.54, 1.807) is 36.4 Å². The highest BCUT2D eigenvalue weighted by atomic mass is 35.5. The van der Waals surface area contributed by atoms with Crippen molar-refractivity contribution in [1.29, 1.82) is 0 Å². The summed E-state index contributed by atoms with van der Waals surface area (Å²) in [6.45, 7) is -0.540. The number of carbonyl (C=O) groups is 1. The van der Waals surface area contributed by atoms with Crippen molar-refractivity contribution < 1.29 is 18.1 Å². The summed E-state index contributed by atoms with van der Waals surface area (Å²) in [5.74, 6) is -0.602. The van der Waals surface area contributed by atoms with Crippen molar-refractivity contribution in [3.63, 3.8) is 0 Å². The third kappa shape index (κ3) is 4.94. The Morgan fingerprint density at radius 1 is 1.00 bits per heavy atom. The van der Waals surface area contributed by atoms with Gasteiger partial charge < -0.3 is 5.32 Å². The number of halogens is 1. The van der Waals surface area contributed by atoms with Gasteiger partial charge in [0.1, 0.15) is 6.54 Å². The Kier molecular flexibility index (Phi) is 6.34. The molecule has 30 heavy (non-hydrogen) atoms. The second kappa shape index (κ2) is 8.93. The largest absolute Gasteiger partial charge is 0.324 e. The predicted molar refractivity (Wildman–Crippen MR) is 114 cm³/mol. The fourth-order valence-electron chi connectivity index (χ4n) is 2.67. The number of rotatable bonds is 7. The second-order valence-electron chi connectivity index (χ2n) is 6.16. The number of carbonyl (C=O) groups excluding carboxylic acids is 1. The van der Waals surface area contributed by atoms with Crippen molar-refractivity contribution in [3.05, 3.63) is 94.0 Å². The van der Waals surface area contributed by atoms with Crippen LogP contribution < -0.4 is 9.62 Å². The van der Waals surface area contributed by atoms with E-state index in [0.29, 0.717) is 10.7 Å². The van der Waals surface area contributed by atoms with E-state index >= 15 is 0 Å². The van der Waals surface area contributed by atoms with Gasteiger partial charge in [0.05, 0.1) is 15.5 Å². The summed E-state index contributed by atoms with van der Waals surface area (Å²) < 4.78 is 27.3. The lowest BCUT2D eigenvalue weighted by molar-refractivity contribution is -0.384. The Labute approximate surface area is 177 Å². The van der Waals surface area contributed by atoms with E-state index in [2.05, 4.69) is 5.32 Å². The summed E-state index contributed by atoms with van der Waals surface area (Å²) in [5, 5.41) is 13.9. The number of nitrogens with one attached hydrogen (secondary N) is 1. The highest BCUT2D eigenvalue weighted by molar-refractivity contribution is 7.92. The van der Waals surface area contributed by atoms with Crippen molar-refractivity contribution in [2.75, 3.05) is 16.2 Å². The Morgan fingerprint density at radius 2 is 1.67 bits per heavy atom. The molecule has 0 bridgehead atoms. The van der Waals surface area contributed by atoms with Crippen LogP contribution in [-0.2, 0) is 14.8 Å². The number of nitrogens with zero attached hydrogens (tertiary/aromatic N) is 2. The lowest BCUT2D eigenvalue weighted by atomic mass is 10.3. The summed E-state index contributed by atoms with van der Waals surface area (Å²) >= 11 is 5.91. The minimum atomic E-state index is -4.11. The summed E-state index contributed by atoms with van der Waals surface area (Å²) in [6, 6.07) is 19.0. The van der Waals surface area contributed by atoms with E-state index in [0.717, 1.165) is 4.31 Å². The van der Waals surface area contributed by atoms with Crippen LogP contribution in [0.5, 0.6) is 0 Å². The maximum absolute atomic E-state index is 13.2. The van der Waals surface area contributed by atoms with Gasteiger partial charge in [-0.15, -0.1) is 0 Å². The number of non-ortho nitro benzene ring substituents is 1. The predicted octanol–water partition coefficient (Wildman–Crippen LogP) is 4.08. The third-order valence-electron chi connectivity index (χ3n) is 4.08. The van der Waals surface area contributed by atoms with Gasteiger partial charge in [0.2, 0.25) is 5.91 Å². The quantitative estimate of drug-likeness (QED) is 0.435. The molecule has 8 nitrogen and oxygen atoms in total. The maximum atomic E-state index is 13.2. The summed E-state index contributed by atoms with van der Waals surface area (Å²) in [5.41, 5.74) is 0.332. The van der Waals surface area contributed by atoms with Gasteiger partial charge in [0.15, 0.2) is 0 Å². The van der Waals surface area contributed by atoms with E-state index in [-0.39, 0.29) is 16.3 Å². The highest BCUT2D eigenvalue weighted by Gasteiger charge is 2.27. The van der Waals surface area contributed by atoms with Crippen molar-refractivity contribution in [1.82, 2.24) is 0 Å². The zero-order valence-corrected chi connectivity index (χ0v) is 17.0. The number of hydrogen-bond donors (Lipinski definition) is 1. The normalized spacial score (nSPS) is 11.0. The summed E-state index contributed by atoms with van der Waals surface area (Å²) in [6.07, 6.45) is 0. The Hall–Kier alpha value is -3.43. The molecule has 3 aromatic carbocycles. The molecule has 1 N–H and O–H groups in total. The molecule has 0 heterocycles. The molecule has 0 spiro atoms. The van der Waals surface area contributed by atoms with Gasteiger partial charge in [-0.05, 0) is 42.5 Å². The summed E-state index contributed by atoms with van der Waals surface area (Å²) in [4.78, 5) is 22.9. The third-order valence-corrected chi connectivity index (χ3v) is 6.10. The van der Waals surface area contributed by atoms with Gasteiger partial charge in [-0.3, -0.25) is 19.2 Å². The van der Waals surface area contributed by atoms with Gasteiger partial charge in [0, 0.05) is 22.8 Å². The van der Waals surface area contributed by atoms with Crippen LogP contribution >= 0.6 is 11.6 Å². The zero-order valence-electron chi connectivity index (χ0n) is 15.4. The van der Waals surface area contributed by atoms with Crippen LogP contribution in [0.2, 0.25) is 5.02 Å². The molecule has 3 aromatic rings. The first-order valence-electron chi connectivity index (χ1n) is 8.65. The number of hydrogen-bond acceptors (Lipinski definition) is 5. The van der Waals surface area contributed by atoms with Crippen LogP contribution in [0.4, 0.5) is 17.1 Å². The number of sulfonamides is 1. The van der Waals surface area contributed by atoms with Crippen molar-refractivity contribution in [3.8, 4) is 0 Å². The molecule has 0 aromatic heterocycles. The van der Waals surface area contributed by atoms with Crippen molar-refractivity contribution >= 4 is 44.6 Å². The van der Waals surface area contributed by atoms with Crippen LogP contribution in [0, 0.1) is 10.1 Å². The Morgan fingerprint density at radius 3 is 2.27 bits per heavy atom. The lowest BCUT2D eigenvalue weighted by Gasteiger charge is -2.24. The van der Waals surface area contributed by atoms with Crippen LogP contribution in [0.3, 0.4) is 0 Å². The smallest absolute Gasteiger partial charge is 0.269 e. The number of nitro benzene ring substituents is 1. The molecule has 0 aliphatic carbocycles. The number of benzene rings is 3. The van der Waals surface area contributed by atoms with Gasteiger partial charge in [0.25, 0.3) is 15.7 Å². The highest BCUT2D eigenvalue weighted by Crippen LogP contribution is 2.26. The van der Waals surface area contributed by atoms with Gasteiger partial charge in [-0.1, -0.05) is 35.9 Å². The van der Waals surface area contributed by atoms with Crippen LogP contribution in [0.25, 0.3) is 0 Å². The lowest BCUT2D eigenvalue weighted by Crippen LogP contribution is -2.38. The van der Waals surface area contributed by atoms with E-state index in [1.807, 2.05) is 0 Å². The molecular weight excluding hydrogens is 430 g/mol. The number of anilines is 2. The van der Waals surface area contributed by atoms with Gasteiger partial charge >= 0.3 is 0 Å². The first-order chi connectivity index (χ1) is 14.3. The topological polar surface area (TPSA) is 110 Å². The van der Waals surface area contributed by atoms with E-state index in [9.17, 15) is 23.3 Å². The SMILES string of the molecule is O=C(CN(c1ccc([N+](=O)[O-])cc1)S(=O)(=O)c1ccccc1)Nc1cccc(Cl)c1. The molecule has 0 unspecified atom stereocenters. The zero-order chi connectivity index (χ0) is 21.7. The Bertz CT molecular complexity index is 1170. The Balaban J connectivity index is 1.95. The van der Waals surface area contributed by atoms with E-state index in [1.165, 1.54) is 42.5 Å². The maximum Gasteiger partial charge on any atom is 0.269 e. The van der Waals surface area contributed by atoms with Crippen LogP contribution in [-0.4, -0.2) is 25.8 Å². The molecule has 0 atom stereocenters. The molecule has 0 aliphatic rings. The minimum absolute atomic E-state index is 0.0149. The average molecular weight is 446 g/mol. The van der Waals surface area contributed by atoms with Gasteiger partial charge in [-0.2, -0.15) is 0 Å². The molecule has 0 saturated carbocycles. The van der Waals surface area contributed by atoms with E-state index < -0.39 is 27.4 Å². The minimum Gasteiger partial charge on any atom is -0.324 e. The molecule has 1 amide bonds. The number of nitro groups is 1. The molecule has 0 saturated heterocycles. The first kappa shape index (κ1) is 21.3. The standard InChI is InChI=1S/C20H16ClN3O5S/c21-15-5-4-6-16(13-15)22-20(25)14-23(17-9-11-18(12-10-17)24(26)27)30(28,29)19-7-2-1-3-8-19/h1-13H,14H2,(H,22,25). The van der Waals surface area contributed by atoms with Crippen molar-refractivity contribution in [2.45, 2.75) is 4.90 Å². The molecule has 3 rings (SSSR count). The van der Waals surface area contributed by atoms with Crippen LogP contribution in [0.1, 0.15) is 0 Å². The van der Waals surface area contributed by atoms with Crippen LogP contribution in [0.15, 0.2) is 83.8 Å². The molecule has 10 heteroatoms. The second-order valence-corrected chi connectivity index (χ2v) is 8.46. The van der Waals surface area contributed by atoms with Gasteiger partial charge in [-0.25, -0.2) is 8.42 Å². The van der Waals surface area contributed by atoms with Crippen molar-refractivity contribution in [2.24, 2.45) is 0 Å². The van der Waals surface area contributed by atoms with E-state index in [4.69, 9.17) is 11.6 Å². The average Bonchev–Trinajstić information content (AvgIpc) is 2.72. The number of amides is 1.